The molecule has 1 aromatic heterocycles. The normalized spacial score (nSPS) is 18.5. The van der Waals surface area contributed by atoms with Crippen molar-refractivity contribution in [2.45, 2.75) is 37.9 Å². The quantitative estimate of drug-likeness (QED) is 0.448. The first kappa shape index (κ1) is 26.0. The molecule has 1 amide bonds. The van der Waals surface area contributed by atoms with Crippen molar-refractivity contribution in [3.63, 3.8) is 0 Å². The summed E-state index contributed by atoms with van der Waals surface area (Å²) in [6.45, 7) is 6.14. The zero-order chi connectivity index (χ0) is 25.9. The molecule has 10 heteroatoms. The SMILES string of the molecule is CCOC(=O)c1c(-c2ccccc2)csc1NC(=O)c1ccc(S(=O)(=O)N2CC(C)OC(C)C2)cc1. The zero-order valence-corrected chi connectivity index (χ0v) is 21.9. The summed E-state index contributed by atoms with van der Waals surface area (Å²) in [6.07, 6.45) is -0.400. The topological polar surface area (TPSA) is 102 Å². The van der Waals surface area contributed by atoms with E-state index in [1.54, 1.807) is 12.3 Å². The molecule has 2 unspecified atom stereocenters. The van der Waals surface area contributed by atoms with Crippen molar-refractivity contribution in [2.24, 2.45) is 0 Å². The van der Waals surface area contributed by atoms with Gasteiger partial charge in [-0.2, -0.15) is 4.31 Å². The van der Waals surface area contributed by atoms with Gasteiger partial charge in [0.15, 0.2) is 0 Å². The first-order chi connectivity index (χ1) is 17.2. The van der Waals surface area contributed by atoms with Crippen LogP contribution in [0.1, 0.15) is 41.5 Å². The smallest absolute Gasteiger partial charge is 0.341 e. The molecular weight excluding hydrogens is 500 g/mol. The molecule has 3 aromatic rings. The van der Waals surface area contributed by atoms with Crippen LogP contribution >= 0.6 is 11.3 Å². The highest BCUT2D eigenvalue weighted by molar-refractivity contribution is 7.89. The van der Waals surface area contributed by atoms with Gasteiger partial charge in [0.2, 0.25) is 10.0 Å². The lowest BCUT2D eigenvalue weighted by atomic mass is 10.0. The molecule has 1 aliphatic heterocycles. The van der Waals surface area contributed by atoms with Crippen LogP contribution in [0.15, 0.2) is 64.9 Å². The van der Waals surface area contributed by atoms with Crippen LogP contribution < -0.4 is 5.32 Å². The fourth-order valence-electron chi connectivity index (χ4n) is 4.12. The highest BCUT2D eigenvalue weighted by Gasteiger charge is 2.32. The maximum absolute atomic E-state index is 13.1. The molecule has 2 aromatic carbocycles. The molecule has 0 radical (unpaired) electrons. The lowest BCUT2D eigenvalue weighted by molar-refractivity contribution is -0.0440. The van der Waals surface area contributed by atoms with Gasteiger partial charge in [0.05, 0.1) is 23.7 Å². The summed E-state index contributed by atoms with van der Waals surface area (Å²) < 4.78 is 38.5. The van der Waals surface area contributed by atoms with E-state index < -0.39 is 21.9 Å². The molecule has 0 spiro atoms. The second kappa shape index (κ2) is 10.9. The van der Waals surface area contributed by atoms with Crippen molar-refractivity contribution in [1.82, 2.24) is 4.31 Å². The summed E-state index contributed by atoms with van der Waals surface area (Å²) in [6, 6.07) is 15.2. The molecule has 2 heterocycles. The molecule has 1 aliphatic rings. The molecule has 190 valence electrons. The third kappa shape index (κ3) is 5.52. The van der Waals surface area contributed by atoms with Gasteiger partial charge in [-0.05, 0) is 50.6 Å². The van der Waals surface area contributed by atoms with Crippen molar-refractivity contribution >= 4 is 38.2 Å². The Morgan fingerprint density at radius 2 is 1.69 bits per heavy atom. The lowest BCUT2D eigenvalue weighted by Gasteiger charge is -2.34. The Bertz CT molecular complexity index is 1330. The van der Waals surface area contributed by atoms with Crippen LogP contribution in [0.3, 0.4) is 0 Å². The van der Waals surface area contributed by atoms with Gasteiger partial charge in [0.25, 0.3) is 5.91 Å². The number of carbonyl (C=O) groups excluding carboxylic acids is 2. The number of carbonyl (C=O) groups is 2. The zero-order valence-electron chi connectivity index (χ0n) is 20.3. The predicted octanol–water partition coefficient (Wildman–Crippen LogP) is 4.64. The molecule has 1 N–H and O–H groups in total. The van der Waals surface area contributed by atoms with Gasteiger partial charge in [0, 0.05) is 29.6 Å². The minimum atomic E-state index is -3.72. The number of rotatable bonds is 7. The van der Waals surface area contributed by atoms with Crippen LogP contribution in [0, 0.1) is 0 Å². The fourth-order valence-corrected chi connectivity index (χ4v) is 6.66. The van der Waals surface area contributed by atoms with E-state index in [2.05, 4.69) is 5.32 Å². The second-order valence-corrected chi connectivity index (χ2v) is 11.3. The first-order valence-corrected chi connectivity index (χ1v) is 13.9. The molecule has 0 saturated carbocycles. The van der Waals surface area contributed by atoms with Crippen LogP contribution in [0.4, 0.5) is 5.00 Å². The van der Waals surface area contributed by atoms with E-state index in [9.17, 15) is 18.0 Å². The van der Waals surface area contributed by atoms with E-state index in [1.165, 1.54) is 39.9 Å². The van der Waals surface area contributed by atoms with Gasteiger partial charge >= 0.3 is 5.97 Å². The van der Waals surface area contributed by atoms with Crippen LogP contribution in [0.25, 0.3) is 11.1 Å². The van der Waals surface area contributed by atoms with E-state index in [0.717, 1.165) is 5.56 Å². The number of nitrogens with one attached hydrogen (secondary N) is 1. The number of ether oxygens (including phenoxy) is 2. The number of hydrogen-bond donors (Lipinski definition) is 1. The number of morpholine rings is 1. The Labute approximate surface area is 214 Å². The largest absolute Gasteiger partial charge is 0.462 e. The summed E-state index contributed by atoms with van der Waals surface area (Å²) in [5.41, 5.74) is 2.06. The number of anilines is 1. The second-order valence-electron chi connectivity index (χ2n) is 8.50. The third-order valence-electron chi connectivity index (χ3n) is 5.72. The Kier molecular flexibility index (Phi) is 7.89. The van der Waals surface area contributed by atoms with Crippen molar-refractivity contribution in [2.75, 3.05) is 25.0 Å². The van der Waals surface area contributed by atoms with Gasteiger partial charge in [-0.1, -0.05) is 30.3 Å². The van der Waals surface area contributed by atoms with Gasteiger partial charge < -0.3 is 14.8 Å². The number of amides is 1. The summed E-state index contributed by atoms with van der Waals surface area (Å²) in [5, 5.41) is 4.96. The highest BCUT2D eigenvalue weighted by atomic mass is 32.2. The summed E-state index contributed by atoms with van der Waals surface area (Å²) in [4.78, 5) is 25.9. The minimum Gasteiger partial charge on any atom is -0.462 e. The molecular formula is C26H28N2O6S2. The number of nitrogens with zero attached hydrogens (tertiary/aromatic N) is 1. The summed E-state index contributed by atoms with van der Waals surface area (Å²) >= 11 is 1.23. The van der Waals surface area contributed by atoms with Crippen molar-refractivity contribution < 1.29 is 27.5 Å². The van der Waals surface area contributed by atoms with Crippen molar-refractivity contribution in [3.8, 4) is 11.1 Å². The standard InChI is InChI=1S/C26H28N2O6S2/c1-4-33-26(30)23-22(19-8-6-5-7-9-19)16-35-25(23)27-24(29)20-10-12-21(13-11-20)36(31,32)28-14-17(2)34-18(3)15-28/h5-13,16-18H,4,14-15H2,1-3H3,(H,27,29). The van der Waals surface area contributed by atoms with Gasteiger partial charge in [0.1, 0.15) is 10.6 Å². The maximum atomic E-state index is 13.1. The first-order valence-electron chi connectivity index (χ1n) is 11.6. The molecule has 4 rings (SSSR count). The fraction of sp³-hybridized carbons (Fsp3) is 0.308. The van der Waals surface area contributed by atoms with E-state index in [1.807, 2.05) is 44.2 Å². The molecule has 8 nitrogen and oxygen atoms in total. The summed E-state index contributed by atoms with van der Waals surface area (Å²) in [7, 11) is -3.72. The molecule has 36 heavy (non-hydrogen) atoms. The average Bonchev–Trinajstić information content (AvgIpc) is 3.28. The predicted molar refractivity (Wildman–Crippen MR) is 139 cm³/mol. The van der Waals surface area contributed by atoms with Crippen molar-refractivity contribution in [1.29, 1.82) is 0 Å². The van der Waals surface area contributed by atoms with Crippen molar-refractivity contribution in [3.05, 3.63) is 71.1 Å². The van der Waals surface area contributed by atoms with Crippen LogP contribution in [-0.2, 0) is 19.5 Å². The minimum absolute atomic E-state index is 0.107. The Balaban J connectivity index is 1.56. The number of hydrogen-bond acceptors (Lipinski definition) is 7. The third-order valence-corrected chi connectivity index (χ3v) is 8.46. The Hall–Kier alpha value is -3.05. The van der Waals surface area contributed by atoms with E-state index >= 15 is 0 Å². The van der Waals surface area contributed by atoms with Gasteiger partial charge in [-0.3, -0.25) is 4.79 Å². The van der Waals surface area contributed by atoms with Crippen LogP contribution in [0.2, 0.25) is 0 Å². The molecule has 0 aliphatic carbocycles. The highest BCUT2D eigenvalue weighted by Crippen LogP contribution is 2.36. The molecule has 1 saturated heterocycles. The number of sulfonamides is 1. The number of esters is 1. The summed E-state index contributed by atoms with van der Waals surface area (Å²) in [5.74, 6) is -0.983. The van der Waals surface area contributed by atoms with Gasteiger partial charge in [-0.25, -0.2) is 13.2 Å². The van der Waals surface area contributed by atoms with Crippen LogP contribution in [0.5, 0.6) is 0 Å². The Morgan fingerprint density at radius 3 is 2.31 bits per heavy atom. The average molecular weight is 529 g/mol. The molecule has 2 atom stereocenters. The maximum Gasteiger partial charge on any atom is 0.341 e. The molecule has 1 fully saturated rings. The lowest BCUT2D eigenvalue weighted by Crippen LogP contribution is -2.48. The Morgan fingerprint density at radius 1 is 1.06 bits per heavy atom. The van der Waals surface area contributed by atoms with E-state index in [4.69, 9.17) is 9.47 Å². The van der Waals surface area contributed by atoms with Gasteiger partial charge in [-0.15, -0.1) is 11.3 Å². The molecule has 0 bridgehead atoms. The number of thiophene rings is 1. The number of benzene rings is 2. The van der Waals surface area contributed by atoms with Crippen LogP contribution in [-0.4, -0.2) is 56.5 Å². The van der Waals surface area contributed by atoms with E-state index in [0.29, 0.717) is 10.6 Å². The van der Waals surface area contributed by atoms with E-state index in [-0.39, 0.29) is 47.9 Å². The monoisotopic (exact) mass is 528 g/mol.